The van der Waals surface area contributed by atoms with Gasteiger partial charge < -0.3 is 10.1 Å². The minimum Gasteiger partial charge on any atom is -0.487 e. The van der Waals surface area contributed by atoms with Crippen molar-refractivity contribution in [3.05, 3.63) is 136 Å². The van der Waals surface area contributed by atoms with Crippen LogP contribution in [0.4, 0.5) is 11.4 Å². The molecule has 4 heteroatoms. The molecule has 6 rings (SSSR count). The summed E-state index contributed by atoms with van der Waals surface area (Å²) in [5.41, 5.74) is 8.24. The largest absolute Gasteiger partial charge is 0.487 e. The summed E-state index contributed by atoms with van der Waals surface area (Å²) in [4.78, 5) is 4.68. The van der Waals surface area contributed by atoms with E-state index in [9.17, 15) is 0 Å². The van der Waals surface area contributed by atoms with E-state index in [2.05, 4.69) is 71.8 Å². The summed E-state index contributed by atoms with van der Waals surface area (Å²) >= 11 is 6.47. The minimum atomic E-state index is 0.287. The molecular formula is C33H29ClN2O. The number of aliphatic imine (C=N–C) groups is 1. The van der Waals surface area contributed by atoms with Crippen molar-refractivity contribution in [1.82, 2.24) is 0 Å². The van der Waals surface area contributed by atoms with Crippen molar-refractivity contribution < 1.29 is 4.74 Å². The first-order valence-corrected chi connectivity index (χ1v) is 13.2. The molecule has 184 valence electrons. The van der Waals surface area contributed by atoms with Crippen molar-refractivity contribution in [2.75, 3.05) is 5.32 Å². The Morgan fingerprint density at radius 3 is 2.62 bits per heavy atom. The highest BCUT2D eigenvalue weighted by molar-refractivity contribution is 6.32. The molecular weight excluding hydrogens is 476 g/mol. The van der Waals surface area contributed by atoms with Gasteiger partial charge in [-0.2, -0.15) is 0 Å². The zero-order valence-electron chi connectivity index (χ0n) is 20.8. The zero-order chi connectivity index (χ0) is 25.2. The number of fused-ring (bicyclic) bond motifs is 3. The van der Waals surface area contributed by atoms with E-state index < -0.39 is 0 Å². The Morgan fingerprint density at radius 1 is 0.973 bits per heavy atom. The third kappa shape index (κ3) is 5.05. The lowest BCUT2D eigenvalue weighted by atomic mass is 9.76. The molecule has 1 aliphatic heterocycles. The molecule has 0 fully saturated rings. The first-order chi connectivity index (χ1) is 18.1. The zero-order valence-corrected chi connectivity index (χ0v) is 21.5. The molecule has 0 bridgehead atoms. The molecule has 0 radical (unpaired) electrons. The summed E-state index contributed by atoms with van der Waals surface area (Å²) < 4.78 is 5.88. The summed E-state index contributed by atoms with van der Waals surface area (Å²) in [5.74, 6) is 1.68. The molecule has 0 saturated heterocycles. The molecule has 0 unspecified atom stereocenters. The second-order valence-corrected chi connectivity index (χ2v) is 10.3. The van der Waals surface area contributed by atoms with Crippen molar-refractivity contribution in [3.8, 4) is 5.75 Å². The first-order valence-electron chi connectivity index (χ1n) is 12.8. The fraction of sp³-hybridized carbons (Fsp3) is 0.182. The van der Waals surface area contributed by atoms with Gasteiger partial charge in [0, 0.05) is 17.8 Å². The van der Waals surface area contributed by atoms with Gasteiger partial charge in [0.25, 0.3) is 0 Å². The normalized spacial score (nSPS) is 19.9. The Labute approximate surface area is 223 Å². The summed E-state index contributed by atoms with van der Waals surface area (Å²) in [6, 6.07) is 31.4. The second kappa shape index (κ2) is 10.3. The number of halogens is 1. The van der Waals surface area contributed by atoms with Gasteiger partial charge in [0.05, 0.1) is 16.8 Å². The maximum atomic E-state index is 6.47. The Hall–Kier alpha value is -3.82. The van der Waals surface area contributed by atoms with Crippen LogP contribution in [0.15, 0.2) is 108 Å². The summed E-state index contributed by atoms with van der Waals surface area (Å²) in [5, 5.41) is 4.39. The topological polar surface area (TPSA) is 33.6 Å². The van der Waals surface area contributed by atoms with Gasteiger partial charge in [-0.3, -0.25) is 4.99 Å². The average Bonchev–Trinajstić information content (AvgIpc) is 3.43. The molecule has 0 spiro atoms. The number of nitrogens with one attached hydrogen (secondary N) is 1. The van der Waals surface area contributed by atoms with Crippen LogP contribution < -0.4 is 10.1 Å². The van der Waals surface area contributed by atoms with Gasteiger partial charge in [0.2, 0.25) is 0 Å². The molecule has 3 atom stereocenters. The van der Waals surface area contributed by atoms with Crippen molar-refractivity contribution in [2.45, 2.75) is 31.9 Å². The van der Waals surface area contributed by atoms with Crippen molar-refractivity contribution in [3.63, 3.8) is 0 Å². The SMILES string of the molecule is Cc1ccc2c(c1)[C@@H]1C=CC[C@@H]1[C@@H](c1ccc(N=Cc3ccc(OCc4ccccc4)c(Cl)c3)cc1)N2. The minimum absolute atomic E-state index is 0.287. The highest BCUT2D eigenvalue weighted by Crippen LogP contribution is 2.50. The second-order valence-electron chi connectivity index (χ2n) is 9.88. The van der Waals surface area contributed by atoms with Crippen LogP contribution in [0.25, 0.3) is 0 Å². The van der Waals surface area contributed by atoms with Crippen LogP contribution in [0.2, 0.25) is 5.02 Å². The third-order valence-corrected chi connectivity index (χ3v) is 7.62. The Morgan fingerprint density at radius 2 is 1.81 bits per heavy atom. The molecule has 1 aliphatic carbocycles. The van der Waals surface area contributed by atoms with Crippen LogP contribution >= 0.6 is 11.6 Å². The number of ether oxygens (including phenoxy) is 1. The molecule has 1 N–H and O–H groups in total. The van der Waals surface area contributed by atoms with Crippen LogP contribution in [0.1, 0.15) is 46.2 Å². The number of hydrogen-bond donors (Lipinski definition) is 1. The molecule has 1 heterocycles. The van der Waals surface area contributed by atoms with Gasteiger partial charge in [0.15, 0.2) is 0 Å². The quantitative estimate of drug-likeness (QED) is 0.210. The molecule has 37 heavy (non-hydrogen) atoms. The van der Waals surface area contributed by atoms with Crippen molar-refractivity contribution in [1.29, 1.82) is 0 Å². The highest BCUT2D eigenvalue weighted by atomic mass is 35.5. The molecule has 2 aliphatic rings. The fourth-order valence-electron chi connectivity index (χ4n) is 5.41. The molecule has 3 nitrogen and oxygen atoms in total. The van der Waals surface area contributed by atoms with Gasteiger partial charge in [-0.1, -0.05) is 83.9 Å². The molecule has 0 amide bonds. The monoisotopic (exact) mass is 504 g/mol. The summed E-state index contributed by atoms with van der Waals surface area (Å²) in [6.45, 7) is 2.65. The smallest absolute Gasteiger partial charge is 0.138 e. The van der Waals surface area contributed by atoms with E-state index in [1.807, 2.05) is 54.7 Å². The summed E-state index contributed by atoms with van der Waals surface area (Å²) in [7, 11) is 0. The van der Waals surface area contributed by atoms with E-state index in [0.29, 0.717) is 29.2 Å². The van der Waals surface area contributed by atoms with Gasteiger partial charge in [0.1, 0.15) is 12.4 Å². The lowest BCUT2D eigenvalue weighted by Crippen LogP contribution is -2.29. The fourth-order valence-corrected chi connectivity index (χ4v) is 5.65. The van der Waals surface area contributed by atoms with E-state index in [0.717, 1.165) is 23.2 Å². The highest BCUT2D eigenvalue weighted by Gasteiger charge is 2.37. The van der Waals surface area contributed by atoms with Crippen molar-refractivity contribution in [2.24, 2.45) is 10.9 Å². The van der Waals surface area contributed by atoms with Crippen LogP contribution in [0.5, 0.6) is 5.75 Å². The van der Waals surface area contributed by atoms with E-state index in [1.54, 1.807) is 0 Å². The van der Waals surface area contributed by atoms with E-state index in [4.69, 9.17) is 16.3 Å². The van der Waals surface area contributed by atoms with Crippen molar-refractivity contribution >= 4 is 29.2 Å². The van der Waals surface area contributed by atoms with Crippen LogP contribution in [0.3, 0.4) is 0 Å². The van der Waals surface area contributed by atoms with E-state index >= 15 is 0 Å². The average molecular weight is 505 g/mol. The predicted molar refractivity (Wildman–Crippen MR) is 153 cm³/mol. The van der Waals surface area contributed by atoms with Gasteiger partial charge in [-0.25, -0.2) is 0 Å². The predicted octanol–water partition coefficient (Wildman–Crippen LogP) is 8.80. The lowest BCUT2D eigenvalue weighted by Gasteiger charge is -2.37. The lowest BCUT2D eigenvalue weighted by molar-refractivity contribution is 0.306. The Balaban J connectivity index is 1.14. The third-order valence-electron chi connectivity index (χ3n) is 7.33. The van der Waals surface area contributed by atoms with E-state index in [-0.39, 0.29) is 6.04 Å². The maximum absolute atomic E-state index is 6.47. The first kappa shape index (κ1) is 23.6. The van der Waals surface area contributed by atoms with Crippen LogP contribution in [-0.4, -0.2) is 6.21 Å². The van der Waals surface area contributed by atoms with Crippen LogP contribution in [-0.2, 0) is 6.61 Å². The number of anilines is 1. The number of nitrogens with zero attached hydrogens (tertiary/aromatic N) is 1. The standard InChI is InChI=1S/C33H29ClN2O/c1-22-10-16-31-29(18-22)27-8-5-9-28(27)33(36-31)25-12-14-26(15-13-25)35-20-24-11-17-32(30(34)19-24)37-21-23-6-3-2-4-7-23/h2-8,10-20,27-28,33,36H,9,21H2,1H3/t27-,28+,33-/m1/s1. The number of aryl methyl sites for hydroxylation is 1. The molecule has 4 aromatic rings. The van der Waals surface area contributed by atoms with E-state index in [1.165, 1.54) is 22.4 Å². The van der Waals surface area contributed by atoms with Gasteiger partial charge in [-0.05, 0) is 77.9 Å². The number of rotatable bonds is 6. The molecule has 0 saturated carbocycles. The van der Waals surface area contributed by atoms with Gasteiger partial charge in [-0.15, -0.1) is 0 Å². The summed E-state index contributed by atoms with van der Waals surface area (Å²) in [6.07, 6.45) is 7.67. The maximum Gasteiger partial charge on any atom is 0.138 e. The Bertz CT molecular complexity index is 1460. The van der Waals surface area contributed by atoms with Crippen LogP contribution in [0, 0.1) is 12.8 Å². The molecule has 0 aromatic heterocycles. The number of allylic oxidation sites excluding steroid dienone is 2. The molecule has 4 aromatic carbocycles. The van der Waals surface area contributed by atoms with Gasteiger partial charge >= 0.3 is 0 Å². The number of benzene rings is 4. The number of hydrogen-bond acceptors (Lipinski definition) is 3. The Kier molecular flexibility index (Phi) is 6.55.